The van der Waals surface area contributed by atoms with Crippen LogP contribution in [0.5, 0.6) is 23.0 Å². The van der Waals surface area contributed by atoms with E-state index in [2.05, 4.69) is 5.32 Å². The third-order valence-corrected chi connectivity index (χ3v) is 6.82. The van der Waals surface area contributed by atoms with Crippen LogP contribution in [-0.4, -0.2) is 40.5 Å². The summed E-state index contributed by atoms with van der Waals surface area (Å²) in [6, 6.07) is 22.0. The monoisotopic (exact) mass is 561 g/mol. The Labute approximate surface area is 238 Å². The quantitative estimate of drug-likeness (QED) is 0.147. The lowest BCUT2D eigenvalue weighted by molar-refractivity contribution is 0.0694. The minimum absolute atomic E-state index is 0.0596. The number of hydrogen-bond acceptors (Lipinski definition) is 6. The minimum Gasteiger partial charge on any atom is -0.508 e. The van der Waals surface area contributed by atoms with Crippen molar-refractivity contribution in [2.45, 2.75) is 32.9 Å². The van der Waals surface area contributed by atoms with E-state index >= 15 is 0 Å². The number of rotatable bonds is 11. The Morgan fingerprint density at radius 1 is 0.925 bits per heavy atom. The second-order valence-electron chi connectivity index (χ2n) is 9.64. The first kappa shape index (κ1) is 29.0. The molecule has 0 aliphatic carbocycles. The van der Waals surface area contributed by atoms with Crippen molar-refractivity contribution in [1.82, 2.24) is 5.32 Å². The summed E-state index contributed by atoms with van der Waals surface area (Å²) in [7, 11) is 0. The summed E-state index contributed by atoms with van der Waals surface area (Å²) in [6.07, 6.45) is -0.718. The fraction of sp³-hybridized carbons (Fsp3) is 0.219. The first-order chi connectivity index (χ1) is 19.1. The largest absolute Gasteiger partial charge is 0.508 e. The van der Waals surface area contributed by atoms with E-state index in [4.69, 9.17) is 21.1 Å². The Morgan fingerprint density at radius 2 is 1.57 bits per heavy atom. The fourth-order valence-corrected chi connectivity index (χ4v) is 4.57. The molecule has 40 heavy (non-hydrogen) atoms. The molecule has 0 aliphatic rings. The van der Waals surface area contributed by atoms with Crippen LogP contribution in [0.3, 0.4) is 0 Å². The second kappa shape index (κ2) is 12.9. The normalized spacial score (nSPS) is 12.5. The predicted octanol–water partition coefficient (Wildman–Crippen LogP) is 6.91. The van der Waals surface area contributed by atoms with E-state index in [-0.39, 0.29) is 23.1 Å². The van der Waals surface area contributed by atoms with Crippen LogP contribution in [0.1, 0.15) is 40.1 Å². The number of ether oxygens (including phenoxy) is 2. The topological polar surface area (TPSA) is 108 Å². The van der Waals surface area contributed by atoms with Gasteiger partial charge in [-0.3, -0.25) is 0 Å². The first-order valence-corrected chi connectivity index (χ1v) is 13.3. The summed E-state index contributed by atoms with van der Waals surface area (Å²) in [5, 5.41) is 33.5. The highest BCUT2D eigenvalue weighted by molar-refractivity contribution is 6.30. The number of carbonyl (C=O) groups is 1. The van der Waals surface area contributed by atoms with Gasteiger partial charge < -0.3 is 30.1 Å². The Morgan fingerprint density at radius 3 is 2.20 bits per heavy atom. The summed E-state index contributed by atoms with van der Waals surface area (Å²) in [5.41, 5.74) is 4.38. The molecule has 0 unspecified atom stereocenters. The maximum atomic E-state index is 11.8. The smallest absolute Gasteiger partial charge is 0.339 e. The number of aliphatic hydroxyl groups is 1. The molecule has 4 aromatic carbocycles. The van der Waals surface area contributed by atoms with Gasteiger partial charge in [0.1, 0.15) is 35.2 Å². The molecule has 4 N–H and O–H groups in total. The Kier molecular flexibility index (Phi) is 9.32. The molecule has 0 radical (unpaired) electrons. The zero-order chi connectivity index (χ0) is 28.8. The number of phenolic OH excluding ortho intramolecular Hbond substituents is 1. The van der Waals surface area contributed by atoms with Gasteiger partial charge in [-0.05, 0) is 109 Å². The molecule has 0 bridgehead atoms. The van der Waals surface area contributed by atoms with Crippen LogP contribution in [-0.2, 0) is 0 Å². The highest BCUT2D eigenvalue weighted by atomic mass is 35.5. The lowest BCUT2D eigenvalue weighted by Gasteiger charge is -2.21. The van der Waals surface area contributed by atoms with Gasteiger partial charge in [-0.2, -0.15) is 0 Å². The highest BCUT2D eigenvalue weighted by Gasteiger charge is 2.17. The third-order valence-electron chi connectivity index (χ3n) is 6.57. The van der Waals surface area contributed by atoms with Gasteiger partial charge in [-0.1, -0.05) is 29.8 Å². The molecule has 208 valence electrons. The molecular formula is C32H32ClNO6. The van der Waals surface area contributed by atoms with E-state index in [0.717, 1.165) is 33.6 Å². The number of hydrogen-bond donors (Lipinski definition) is 4. The molecular weight excluding hydrogens is 530 g/mol. The molecule has 0 spiro atoms. The van der Waals surface area contributed by atoms with E-state index in [9.17, 15) is 20.1 Å². The lowest BCUT2D eigenvalue weighted by atomic mass is 9.98. The Balaban J connectivity index is 1.43. The molecule has 0 amide bonds. The van der Waals surface area contributed by atoms with Gasteiger partial charge in [0.05, 0.1) is 6.10 Å². The number of aryl methyl sites for hydroxylation is 2. The molecule has 0 heterocycles. The fourth-order valence-electron chi connectivity index (χ4n) is 4.45. The average Bonchev–Trinajstić information content (AvgIpc) is 2.93. The summed E-state index contributed by atoms with van der Waals surface area (Å²) < 4.78 is 12.0. The average molecular weight is 562 g/mol. The Bertz CT molecular complexity index is 1450. The van der Waals surface area contributed by atoms with E-state index in [1.54, 1.807) is 60.7 Å². The molecule has 0 saturated heterocycles. The SMILES string of the molecule is Cc1cc(-c2ccc(C(=O)O)c(Oc3ccc(Cl)cc3)c2)cc(C)c1OCCN[C@H](C)[C@H](O)c1ccc(O)cc1. The van der Waals surface area contributed by atoms with E-state index < -0.39 is 12.1 Å². The van der Waals surface area contributed by atoms with Crippen molar-refractivity contribution < 1.29 is 29.6 Å². The number of aliphatic hydroxyl groups excluding tert-OH is 1. The molecule has 0 aliphatic heterocycles. The molecule has 4 aromatic rings. The van der Waals surface area contributed by atoms with Gasteiger partial charge in [0.25, 0.3) is 0 Å². The lowest BCUT2D eigenvalue weighted by Crippen LogP contribution is -2.35. The zero-order valence-corrected chi connectivity index (χ0v) is 23.3. The van der Waals surface area contributed by atoms with Crippen LogP contribution < -0.4 is 14.8 Å². The zero-order valence-electron chi connectivity index (χ0n) is 22.5. The number of carboxylic acid groups (broad SMARTS) is 1. The van der Waals surface area contributed by atoms with Crippen LogP contribution in [0.2, 0.25) is 5.02 Å². The number of aromatic hydroxyl groups is 1. The van der Waals surface area contributed by atoms with Gasteiger partial charge in [-0.15, -0.1) is 0 Å². The molecule has 8 heteroatoms. The van der Waals surface area contributed by atoms with Crippen LogP contribution in [0, 0.1) is 13.8 Å². The van der Waals surface area contributed by atoms with Crippen LogP contribution in [0.15, 0.2) is 78.9 Å². The van der Waals surface area contributed by atoms with Gasteiger partial charge >= 0.3 is 5.97 Å². The standard InChI is InChI=1S/C32H32ClNO6/c1-19-16-24(23-6-13-28(32(37)38)29(18-23)40-27-11-7-25(33)8-12-27)17-20(2)31(19)39-15-14-34-21(3)30(36)22-4-9-26(35)10-5-22/h4-13,16-18,21,30,34-36H,14-15H2,1-3H3,(H,37,38)/t21-,30+/m1/s1. The number of aromatic carboxylic acids is 1. The predicted molar refractivity (Wildman–Crippen MR) is 156 cm³/mol. The van der Waals surface area contributed by atoms with Gasteiger partial charge in [0, 0.05) is 17.6 Å². The summed E-state index contributed by atoms with van der Waals surface area (Å²) >= 11 is 5.96. The first-order valence-electron chi connectivity index (χ1n) is 12.9. The molecule has 0 aromatic heterocycles. The van der Waals surface area contributed by atoms with Crippen molar-refractivity contribution in [1.29, 1.82) is 0 Å². The summed E-state index contributed by atoms with van der Waals surface area (Å²) in [4.78, 5) is 11.8. The van der Waals surface area contributed by atoms with Crippen LogP contribution in [0.4, 0.5) is 0 Å². The number of carboxylic acids is 1. The van der Waals surface area contributed by atoms with Crippen LogP contribution >= 0.6 is 11.6 Å². The Hall–Kier alpha value is -4.04. The summed E-state index contributed by atoms with van der Waals surface area (Å²) in [5.74, 6) is 0.573. The number of nitrogens with one attached hydrogen (secondary N) is 1. The highest BCUT2D eigenvalue weighted by Crippen LogP contribution is 2.35. The maximum Gasteiger partial charge on any atom is 0.339 e. The van der Waals surface area contributed by atoms with Gasteiger partial charge in [-0.25, -0.2) is 4.79 Å². The molecule has 4 rings (SSSR count). The number of benzene rings is 4. The maximum absolute atomic E-state index is 11.8. The minimum atomic E-state index is -1.08. The number of phenols is 1. The van der Waals surface area contributed by atoms with Crippen molar-refractivity contribution in [3.05, 3.63) is 106 Å². The van der Waals surface area contributed by atoms with E-state index in [0.29, 0.717) is 23.9 Å². The van der Waals surface area contributed by atoms with Crippen LogP contribution in [0.25, 0.3) is 11.1 Å². The molecule has 0 fully saturated rings. The third kappa shape index (κ3) is 7.12. The second-order valence-corrected chi connectivity index (χ2v) is 10.1. The van der Waals surface area contributed by atoms with E-state index in [1.807, 2.05) is 32.9 Å². The van der Waals surface area contributed by atoms with Gasteiger partial charge in [0.2, 0.25) is 0 Å². The number of halogens is 1. The van der Waals surface area contributed by atoms with E-state index in [1.165, 1.54) is 6.07 Å². The van der Waals surface area contributed by atoms with Crippen molar-refractivity contribution in [3.63, 3.8) is 0 Å². The van der Waals surface area contributed by atoms with Crippen molar-refractivity contribution in [2.75, 3.05) is 13.2 Å². The summed E-state index contributed by atoms with van der Waals surface area (Å²) in [6.45, 7) is 6.75. The molecule has 0 saturated carbocycles. The van der Waals surface area contributed by atoms with Crippen molar-refractivity contribution in [3.8, 4) is 34.1 Å². The van der Waals surface area contributed by atoms with Crippen molar-refractivity contribution in [2.24, 2.45) is 0 Å². The van der Waals surface area contributed by atoms with Crippen molar-refractivity contribution >= 4 is 17.6 Å². The van der Waals surface area contributed by atoms with Gasteiger partial charge in [0.15, 0.2) is 0 Å². The molecule has 2 atom stereocenters. The molecule has 7 nitrogen and oxygen atoms in total.